The third-order valence-corrected chi connectivity index (χ3v) is 4.43. The van der Waals surface area contributed by atoms with Gasteiger partial charge in [-0.1, -0.05) is 6.07 Å². The first-order chi connectivity index (χ1) is 12.2. The summed E-state index contributed by atoms with van der Waals surface area (Å²) in [5.41, 5.74) is 1.23. The van der Waals surface area contributed by atoms with Crippen LogP contribution in [0.5, 0.6) is 11.5 Å². The van der Waals surface area contributed by atoms with Crippen molar-refractivity contribution in [1.82, 2.24) is 15.3 Å². The molecule has 0 bridgehead atoms. The predicted molar refractivity (Wildman–Crippen MR) is 93.8 cm³/mol. The van der Waals surface area contributed by atoms with Gasteiger partial charge in [0.2, 0.25) is 0 Å². The minimum atomic E-state index is -0.258. The minimum absolute atomic E-state index is 0.191. The van der Waals surface area contributed by atoms with Gasteiger partial charge in [0.25, 0.3) is 5.91 Å². The van der Waals surface area contributed by atoms with Crippen LogP contribution in [0.3, 0.4) is 0 Å². The summed E-state index contributed by atoms with van der Waals surface area (Å²) >= 11 is 0. The number of nitrogens with zero attached hydrogens (tertiary/aromatic N) is 2. The van der Waals surface area contributed by atoms with Crippen molar-refractivity contribution in [3.05, 3.63) is 48.0 Å². The van der Waals surface area contributed by atoms with Crippen LogP contribution in [-0.2, 0) is 0 Å². The summed E-state index contributed by atoms with van der Waals surface area (Å²) in [6, 6.07) is 5.58. The maximum atomic E-state index is 12.2. The maximum Gasteiger partial charge on any atom is 0.271 e. The molecule has 25 heavy (non-hydrogen) atoms. The second-order valence-electron chi connectivity index (χ2n) is 6.22. The molecular formula is C19H23N3O3. The van der Waals surface area contributed by atoms with Gasteiger partial charge in [-0.3, -0.25) is 9.78 Å². The molecule has 3 rings (SSSR count). The molecule has 6 nitrogen and oxygen atoms in total. The Morgan fingerprint density at radius 3 is 2.72 bits per heavy atom. The molecule has 1 aromatic heterocycles. The molecule has 0 radical (unpaired) electrons. The van der Waals surface area contributed by atoms with Gasteiger partial charge in [-0.05, 0) is 50.3 Å². The summed E-state index contributed by atoms with van der Waals surface area (Å²) in [7, 11) is 1.63. The van der Waals surface area contributed by atoms with Crippen LogP contribution in [0.4, 0.5) is 0 Å². The number of carbonyl (C=O) groups excluding carboxylic acids is 1. The van der Waals surface area contributed by atoms with Crippen LogP contribution in [-0.4, -0.2) is 29.1 Å². The van der Waals surface area contributed by atoms with Crippen molar-refractivity contribution in [2.24, 2.45) is 0 Å². The van der Waals surface area contributed by atoms with E-state index in [9.17, 15) is 4.79 Å². The number of rotatable bonds is 6. The fourth-order valence-electron chi connectivity index (χ4n) is 3.01. The molecule has 1 N–H and O–H groups in total. The van der Waals surface area contributed by atoms with Crippen LogP contribution in [0.1, 0.15) is 54.7 Å². The van der Waals surface area contributed by atoms with Gasteiger partial charge >= 0.3 is 0 Å². The van der Waals surface area contributed by atoms with E-state index in [-0.39, 0.29) is 18.1 Å². The van der Waals surface area contributed by atoms with Crippen molar-refractivity contribution >= 4 is 5.91 Å². The molecule has 1 aliphatic rings. The van der Waals surface area contributed by atoms with Crippen LogP contribution >= 0.6 is 0 Å². The number of amides is 1. The molecule has 1 saturated carbocycles. The van der Waals surface area contributed by atoms with Crippen molar-refractivity contribution in [2.75, 3.05) is 7.11 Å². The van der Waals surface area contributed by atoms with Crippen molar-refractivity contribution < 1.29 is 14.3 Å². The van der Waals surface area contributed by atoms with E-state index < -0.39 is 0 Å². The molecule has 1 fully saturated rings. The lowest BCUT2D eigenvalue weighted by Gasteiger charge is -2.19. The zero-order chi connectivity index (χ0) is 17.6. The first kappa shape index (κ1) is 17.2. The highest BCUT2D eigenvalue weighted by Gasteiger charge is 2.19. The molecule has 1 amide bonds. The van der Waals surface area contributed by atoms with Gasteiger partial charge in [-0.25, -0.2) is 4.98 Å². The number of ether oxygens (including phenoxy) is 2. The molecule has 1 heterocycles. The van der Waals surface area contributed by atoms with Gasteiger partial charge in [0.05, 0.1) is 25.5 Å². The molecule has 2 aromatic rings. The number of carbonyl (C=O) groups is 1. The van der Waals surface area contributed by atoms with E-state index in [1.54, 1.807) is 7.11 Å². The molecule has 1 aliphatic carbocycles. The van der Waals surface area contributed by atoms with Crippen LogP contribution in [0.25, 0.3) is 0 Å². The van der Waals surface area contributed by atoms with Crippen LogP contribution < -0.4 is 14.8 Å². The van der Waals surface area contributed by atoms with Gasteiger partial charge < -0.3 is 14.8 Å². The topological polar surface area (TPSA) is 73.3 Å². The number of aromatic nitrogens is 2. The van der Waals surface area contributed by atoms with E-state index in [1.807, 2.05) is 25.1 Å². The third-order valence-electron chi connectivity index (χ3n) is 4.43. The molecule has 0 saturated heterocycles. The molecule has 1 atom stereocenters. The summed E-state index contributed by atoms with van der Waals surface area (Å²) < 4.78 is 11.5. The number of benzene rings is 1. The van der Waals surface area contributed by atoms with Gasteiger partial charge in [0.15, 0.2) is 11.5 Å². The van der Waals surface area contributed by atoms with E-state index in [0.717, 1.165) is 24.2 Å². The largest absolute Gasteiger partial charge is 0.493 e. The minimum Gasteiger partial charge on any atom is -0.493 e. The molecule has 132 valence electrons. The fraction of sp³-hybridized carbons (Fsp3) is 0.421. The van der Waals surface area contributed by atoms with Crippen LogP contribution in [0, 0.1) is 0 Å². The number of hydrogen-bond donors (Lipinski definition) is 1. The van der Waals surface area contributed by atoms with E-state index in [0.29, 0.717) is 11.4 Å². The Kier molecular flexibility index (Phi) is 5.48. The zero-order valence-electron chi connectivity index (χ0n) is 14.6. The standard InChI is InChI=1S/C19H23N3O3/c1-13(22-19(23)16-12-20-9-10-21-16)14-7-8-17(18(11-14)24-2)25-15-5-3-4-6-15/h7-13,15H,3-6H2,1-2H3,(H,22,23)/t13-/m0/s1. The summed E-state index contributed by atoms with van der Waals surface area (Å²) in [4.78, 5) is 20.1. The first-order valence-corrected chi connectivity index (χ1v) is 8.59. The molecule has 6 heteroatoms. The summed E-state index contributed by atoms with van der Waals surface area (Å²) in [6.45, 7) is 1.92. The Hall–Kier alpha value is -2.63. The van der Waals surface area contributed by atoms with Gasteiger partial charge in [0.1, 0.15) is 5.69 Å². The highest BCUT2D eigenvalue weighted by atomic mass is 16.5. The summed E-state index contributed by atoms with van der Waals surface area (Å²) in [5, 5.41) is 2.92. The third kappa shape index (κ3) is 4.26. The Morgan fingerprint density at radius 2 is 2.04 bits per heavy atom. The second kappa shape index (κ2) is 7.96. The van der Waals surface area contributed by atoms with Gasteiger partial charge in [-0.15, -0.1) is 0 Å². The Labute approximate surface area is 147 Å². The van der Waals surface area contributed by atoms with E-state index >= 15 is 0 Å². The highest BCUT2D eigenvalue weighted by Crippen LogP contribution is 2.33. The van der Waals surface area contributed by atoms with Crippen molar-refractivity contribution in [3.63, 3.8) is 0 Å². The van der Waals surface area contributed by atoms with Crippen molar-refractivity contribution in [1.29, 1.82) is 0 Å². The lowest BCUT2D eigenvalue weighted by molar-refractivity contribution is 0.0934. The maximum absolute atomic E-state index is 12.2. The quantitative estimate of drug-likeness (QED) is 0.873. The lowest BCUT2D eigenvalue weighted by atomic mass is 10.1. The van der Waals surface area contributed by atoms with E-state index in [2.05, 4.69) is 15.3 Å². The monoisotopic (exact) mass is 341 g/mol. The Morgan fingerprint density at radius 1 is 1.24 bits per heavy atom. The Balaban J connectivity index is 1.69. The smallest absolute Gasteiger partial charge is 0.271 e. The average molecular weight is 341 g/mol. The van der Waals surface area contributed by atoms with Crippen LogP contribution in [0.2, 0.25) is 0 Å². The lowest BCUT2D eigenvalue weighted by Crippen LogP contribution is -2.27. The molecule has 0 aliphatic heterocycles. The normalized spacial score (nSPS) is 15.6. The first-order valence-electron chi connectivity index (χ1n) is 8.59. The predicted octanol–water partition coefficient (Wildman–Crippen LogP) is 3.30. The summed E-state index contributed by atoms with van der Waals surface area (Å²) in [6.07, 6.45) is 9.37. The fourth-order valence-corrected chi connectivity index (χ4v) is 3.01. The number of hydrogen-bond acceptors (Lipinski definition) is 5. The van der Waals surface area contributed by atoms with Gasteiger partial charge in [0, 0.05) is 12.4 Å². The Bertz CT molecular complexity index is 715. The second-order valence-corrected chi connectivity index (χ2v) is 6.22. The SMILES string of the molecule is COc1cc([C@H](C)NC(=O)c2cnccn2)ccc1OC1CCCC1. The summed E-state index contributed by atoms with van der Waals surface area (Å²) in [5.74, 6) is 1.18. The highest BCUT2D eigenvalue weighted by molar-refractivity contribution is 5.92. The number of methoxy groups -OCH3 is 1. The van der Waals surface area contributed by atoms with E-state index in [4.69, 9.17) is 9.47 Å². The molecule has 0 unspecified atom stereocenters. The molecular weight excluding hydrogens is 318 g/mol. The molecule has 0 spiro atoms. The molecule has 1 aromatic carbocycles. The van der Waals surface area contributed by atoms with Gasteiger partial charge in [-0.2, -0.15) is 0 Å². The zero-order valence-corrected chi connectivity index (χ0v) is 14.6. The average Bonchev–Trinajstić information content (AvgIpc) is 3.15. The van der Waals surface area contributed by atoms with Crippen molar-refractivity contribution in [3.8, 4) is 11.5 Å². The van der Waals surface area contributed by atoms with E-state index in [1.165, 1.54) is 31.4 Å². The van der Waals surface area contributed by atoms with Crippen molar-refractivity contribution in [2.45, 2.75) is 44.8 Å². The van der Waals surface area contributed by atoms with Crippen LogP contribution in [0.15, 0.2) is 36.8 Å². The number of nitrogens with one attached hydrogen (secondary N) is 1.